The summed E-state index contributed by atoms with van der Waals surface area (Å²) in [6, 6.07) is 0. The van der Waals surface area contributed by atoms with E-state index in [0.717, 1.165) is 17.8 Å². The van der Waals surface area contributed by atoms with Crippen molar-refractivity contribution in [3.63, 3.8) is 0 Å². The summed E-state index contributed by atoms with van der Waals surface area (Å²) in [5.74, 6) is -0.357. The van der Waals surface area contributed by atoms with Crippen molar-refractivity contribution in [2.75, 3.05) is 12.4 Å². The number of ether oxygens (including phenoxy) is 1. The largest absolute Gasteiger partial charge is 0.465 e. The molecule has 0 aromatic carbocycles. The monoisotopic (exact) mass is 280 g/mol. The average Bonchev–Trinajstić information content (AvgIpc) is 2.91. The van der Waals surface area contributed by atoms with Crippen molar-refractivity contribution in [2.45, 2.75) is 20.3 Å². The van der Waals surface area contributed by atoms with Gasteiger partial charge in [-0.05, 0) is 13.3 Å². The summed E-state index contributed by atoms with van der Waals surface area (Å²) in [6.07, 6.45) is 2.73. The van der Waals surface area contributed by atoms with Crippen molar-refractivity contribution in [3.8, 4) is 0 Å². The second-order valence-electron chi connectivity index (χ2n) is 4.07. The van der Waals surface area contributed by atoms with E-state index in [1.54, 1.807) is 11.6 Å². The molecule has 2 rings (SSSR count). The Hall–Kier alpha value is -1.89. The van der Waals surface area contributed by atoms with Crippen LogP contribution < -0.4 is 5.32 Å². The van der Waals surface area contributed by atoms with E-state index in [9.17, 15) is 4.79 Å². The molecule has 0 saturated carbocycles. The summed E-state index contributed by atoms with van der Waals surface area (Å²) in [7, 11) is 3.24. The molecule has 7 heteroatoms. The van der Waals surface area contributed by atoms with Gasteiger partial charge in [-0.2, -0.15) is 5.10 Å². The summed E-state index contributed by atoms with van der Waals surface area (Å²) in [5, 5.41) is 8.21. The Morgan fingerprint density at radius 2 is 2.32 bits per heavy atom. The van der Waals surface area contributed by atoms with Crippen molar-refractivity contribution in [1.29, 1.82) is 0 Å². The number of methoxy groups -OCH3 is 1. The van der Waals surface area contributed by atoms with E-state index in [4.69, 9.17) is 4.74 Å². The van der Waals surface area contributed by atoms with Gasteiger partial charge in [-0.15, -0.1) is 0 Å². The third kappa shape index (κ3) is 2.76. The van der Waals surface area contributed by atoms with Crippen molar-refractivity contribution in [2.24, 2.45) is 7.05 Å². The second kappa shape index (κ2) is 5.40. The number of nitrogens with zero attached hydrogens (tertiary/aromatic N) is 3. The van der Waals surface area contributed by atoms with Crippen LogP contribution in [0, 0.1) is 6.92 Å². The molecule has 0 saturated heterocycles. The molecule has 1 N–H and O–H groups in total. The van der Waals surface area contributed by atoms with Gasteiger partial charge in [-0.3, -0.25) is 4.68 Å². The summed E-state index contributed by atoms with van der Waals surface area (Å²) in [5.41, 5.74) is 2.55. The zero-order valence-electron chi connectivity index (χ0n) is 11.4. The number of anilines is 2. The molecule has 0 unspecified atom stereocenters. The minimum Gasteiger partial charge on any atom is -0.465 e. The lowest BCUT2D eigenvalue weighted by atomic mass is 10.3. The maximum absolute atomic E-state index is 11.5. The van der Waals surface area contributed by atoms with Gasteiger partial charge in [0.1, 0.15) is 4.88 Å². The Labute approximate surface area is 115 Å². The van der Waals surface area contributed by atoms with E-state index < -0.39 is 0 Å². The summed E-state index contributed by atoms with van der Waals surface area (Å²) < 4.78 is 6.47. The van der Waals surface area contributed by atoms with E-state index in [1.807, 2.05) is 20.2 Å². The van der Waals surface area contributed by atoms with Gasteiger partial charge in [0.05, 0.1) is 24.2 Å². The summed E-state index contributed by atoms with van der Waals surface area (Å²) in [6.45, 7) is 3.83. The predicted octanol–water partition coefficient (Wildman–Crippen LogP) is 2.28. The minimum atomic E-state index is -0.357. The van der Waals surface area contributed by atoms with Gasteiger partial charge in [0, 0.05) is 13.2 Å². The highest BCUT2D eigenvalue weighted by atomic mass is 32.1. The molecule has 0 bridgehead atoms. The first-order chi connectivity index (χ1) is 9.05. The second-order valence-corrected chi connectivity index (χ2v) is 5.07. The van der Waals surface area contributed by atoms with Gasteiger partial charge in [0.25, 0.3) is 0 Å². The fraction of sp³-hybridized carbons (Fsp3) is 0.417. The highest BCUT2D eigenvalue weighted by Crippen LogP contribution is 2.27. The van der Waals surface area contributed by atoms with Crippen LogP contribution in [-0.4, -0.2) is 27.8 Å². The lowest BCUT2D eigenvalue weighted by Crippen LogP contribution is -1.99. The van der Waals surface area contributed by atoms with E-state index in [1.165, 1.54) is 18.4 Å². The Kier molecular flexibility index (Phi) is 3.84. The molecule has 0 atom stereocenters. The van der Waals surface area contributed by atoms with Crippen LogP contribution in [0.1, 0.15) is 28.0 Å². The Balaban J connectivity index is 2.26. The molecular formula is C12H16N4O2S. The first-order valence-corrected chi connectivity index (χ1v) is 6.72. The lowest BCUT2D eigenvalue weighted by Gasteiger charge is -1.99. The smallest absolute Gasteiger partial charge is 0.350 e. The molecule has 0 aliphatic rings. The fourth-order valence-corrected chi connectivity index (χ4v) is 2.64. The van der Waals surface area contributed by atoms with Crippen LogP contribution >= 0.6 is 11.3 Å². The number of nitrogens with one attached hydrogen (secondary N) is 1. The number of carbonyl (C=O) groups excluding carboxylic acids is 1. The number of aryl methyl sites for hydroxylation is 3. The molecule has 102 valence electrons. The van der Waals surface area contributed by atoms with Gasteiger partial charge in [-0.1, -0.05) is 18.3 Å². The third-order valence-corrected chi connectivity index (χ3v) is 3.70. The predicted molar refractivity (Wildman–Crippen MR) is 74.1 cm³/mol. The Morgan fingerprint density at radius 3 is 2.95 bits per heavy atom. The molecule has 0 aliphatic carbocycles. The quantitative estimate of drug-likeness (QED) is 0.870. The molecule has 19 heavy (non-hydrogen) atoms. The summed E-state index contributed by atoms with van der Waals surface area (Å²) >= 11 is 1.28. The molecule has 0 fully saturated rings. The van der Waals surface area contributed by atoms with Crippen molar-refractivity contribution >= 4 is 28.1 Å². The van der Waals surface area contributed by atoms with Crippen LogP contribution in [0.5, 0.6) is 0 Å². The van der Waals surface area contributed by atoms with Gasteiger partial charge < -0.3 is 10.1 Å². The highest BCUT2D eigenvalue weighted by Gasteiger charge is 2.16. The van der Waals surface area contributed by atoms with Crippen LogP contribution in [0.3, 0.4) is 0 Å². The van der Waals surface area contributed by atoms with E-state index in [-0.39, 0.29) is 5.97 Å². The van der Waals surface area contributed by atoms with Crippen LogP contribution in [-0.2, 0) is 18.2 Å². The molecule has 2 heterocycles. The van der Waals surface area contributed by atoms with E-state index in [2.05, 4.69) is 15.4 Å². The van der Waals surface area contributed by atoms with Crippen molar-refractivity contribution < 1.29 is 9.53 Å². The normalized spacial score (nSPS) is 10.5. The molecule has 0 aliphatic heterocycles. The van der Waals surface area contributed by atoms with Crippen LogP contribution in [0.15, 0.2) is 6.20 Å². The molecule has 6 nitrogen and oxygen atoms in total. The number of hydrogen-bond acceptors (Lipinski definition) is 6. The maximum atomic E-state index is 11.5. The summed E-state index contributed by atoms with van der Waals surface area (Å²) in [4.78, 5) is 16.4. The third-order valence-electron chi connectivity index (χ3n) is 2.65. The zero-order chi connectivity index (χ0) is 14.0. The first-order valence-electron chi connectivity index (χ1n) is 5.90. The molecule has 2 aromatic heterocycles. The topological polar surface area (TPSA) is 69.0 Å². The zero-order valence-corrected chi connectivity index (χ0v) is 12.2. The molecular weight excluding hydrogens is 264 g/mol. The van der Waals surface area contributed by atoms with Crippen LogP contribution in [0.25, 0.3) is 0 Å². The van der Waals surface area contributed by atoms with E-state index >= 15 is 0 Å². The number of carbonyl (C=O) groups is 1. The average molecular weight is 280 g/mol. The lowest BCUT2D eigenvalue weighted by molar-refractivity contribution is 0.0605. The molecule has 0 amide bonds. The van der Waals surface area contributed by atoms with Gasteiger partial charge in [0.2, 0.25) is 0 Å². The highest BCUT2D eigenvalue weighted by molar-refractivity contribution is 7.17. The van der Waals surface area contributed by atoms with Gasteiger partial charge in [-0.25, -0.2) is 9.78 Å². The van der Waals surface area contributed by atoms with Gasteiger partial charge >= 0.3 is 5.97 Å². The first kappa shape index (κ1) is 13.5. The van der Waals surface area contributed by atoms with Crippen LogP contribution in [0.2, 0.25) is 0 Å². The number of hydrogen-bond donors (Lipinski definition) is 1. The SMILES string of the molecule is CCc1nn(C)cc1Nc1nc(C)c(C(=O)OC)s1. The molecule has 2 aromatic rings. The van der Waals surface area contributed by atoms with E-state index in [0.29, 0.717) is 15.7 Å². The van der Waals surface area contributed by atoms with Gasteiger partial charge in [0.15, 0.2) is 5.13 Å². The standard InChI is InChI=1S/C12H16N4O2S/c1-5-8-9(6-16(3)15-8)14-12-13-7(2)10(19-12)11(17)18-4/h6H,5H2,1-4H3,(H,13,14). The molecule has 0 radical (unpaired) electrons. The molecule has 0 spiro atoms. The Bertz CT molecular complexity index is 603. The number of aromatic nitrogens is 3. The number of thiazole rings is 1. The number of rotatable bonds is 4. The van der Waals surface area contributed by atoms with Crippen molar-refractivity contribution in [3.05, 3.63) is 22.5 Å². The van der Waals surface area contributed by atoms with Crippen LogP contribution in [0.4, 0.5) is 10.8 Å². The minimum absolute atomic E-state index is 0.357. The fourth-order valence-electron chi connectivity index (χ4n) is 1.75. The Morgan fingerprint density at radius 1 is 1.58 bits per heavy atom. The van der Waals surface area contributed by atoms with Crippen molar-refractivity contribution in [1.82, 2.24) is 14.8 Å². The maximum Gasteiger partial charge on any atom is 0.350 e. The number of esters is 1.